The van der Waals surface area contributed by atoms with E-state index in [0.29, 0.717) is 44.0 Å². The van der Waals surface area contributed by atoms with E-state index in [1.807, 2.05) is 82.6 Å². The highest BCUT2D eigenvalue weighted by Crippen LogP contribution is 2.31. The first-order valence-corrected chi connectivity index (χ1v) is 13.9. The standard InChI is InChI=1S/C33H34N4O3/c1-24-6-2-4-8-29(24)25-10-12-26(13-11-25)32(39)37-23-28-14-15-31(36(28)22-27-7-3-5-9-30(27)37)33(40)35-18-16-34(17-19-35)20-21-38/h2-15,38H,16-23H2,1H3. The minimum Gasteiger partial charge on any atom is -0.395 e. The van der Waals surface area contributed by atoms with Gasteiger partial charge in [-0.1, -0.05) is 54.6 Å². The van der Waals surface area contributed by atoms with E-state index in [-0.39, 0.29) is 18.4 Å². The molecule has 0 saturated carbocycles. The van der Waals surface area contributed by atoms with Gasteiger partial charge in [0.15, 0.2) is 0 Å². The number of hydrogen-bond acceptors (Lipinski definition) is 4. The van der Waals surface area contributed by atoms with Gasteiger partial charge in [0.2, 0.25) is 0 Å². The number of aryl methyl sites for hydroxylation is 1. The molecule has 1 saturated heterocycles. The number of rotatable bonds is 5. The van der Waals surface area contributed by atoms with Crippen LogP contribution >= 0.6 is 0 Å². The molecule has 40 heavy (non-hydrogen) atoms. The molecule has 3 aromatic carbocycles. The highest BCUT2D eigenvalue weighted by molar-refractivity contribution is 6.07. The molecule has 1 fully saturated rings. The van der Waals surface area contributed by atoms with Crippen LogP contribution in [0.25, 0.3) is 11.1 Å². The number of amides is 2. The predicted molar refractivity (Wildman–Crippen MR) is 157 cm³/mol. The molecule has 0 atom stereocenters. The van der Waals surface area contributed by atoms with Crippen molar-refractivity contribution in [1.29, 1.82) is 0 Å². The first-order valence-electron chi connectivity index (χ1n) is 13.9. The first-order chi connectivity index (χ1) is 19.5. The third-order valence-electron chi connectivity index (χ3n) is 8.13. The van der Waals surface area contributed by atoms with Crippen LogP contribution in [-0.4, -0.2) is 70.6 Å². The number of fused-ring (bicyclic) bond motifs is 2. The Morgan fingerprint density at radius 1 is 0.775 bits per heavy atom. The number of anilines is 1. The van der Waals surface area contributed by atoms with Crippen molar-refractivity contribution in [2.45, 2.75) is 20.0 Å². The summed E-state index contributed by atoms with van der Waals surface area (Å²) in [7, 11) is 0. The lowest BCUT2D eigenvalue weighted by Crippen LogP contribution is -2.49. The van der Waals surface area contributed by atoms with Crippen molar-refractivity contribution in [3.8, 4) is 11.1 Å². The minimum absolute atomic E-state index is 0.0129. The van der Waals surface area contributed by atoms with E-state index in [4.69, 9.17) is 0 Å². The smallest absolute Gasteiger partial charge is 0.270 e. The Bertz CT molecular complexity index is 1530. The second kappa shape index (κ2) is 11.1. The molecule has 3 heterocycles. The number of para-hydroxylation sites is 1. The summed E-state index contributed by atoms with van der Waals surface area (Å²) in [4.78, 5) is 33.4. The van der Waals surface area contributed by atoms with Crippen LogP contribution in [0.5, 0.6) is 0 Å². The molecule has 2 aliphatic rings. The van der Waals surface area contributed by atoms with Gasteiger partial charge >= 0.3 is 0 Å². The van der Waals surface area contributed by atoms with Gasteiger partial charge in [0.05, 0.1) is 19.7 Å². The van der Waals surface area contributed by atoms with Gasteiger partial charge < -0.3 is 19.5 Å². The molecular weight excluding hydrogens is 500 g/mol. The Kier molecular flexibility index (Phi) is 7.24. The average molecular weight is 535 g/mol. The summed E-state index contributed by atoms with van der Waals surface area (Å²) < 4.78 is 2.07. The third-order valence-corrected chi connectivity index (χ3v) is 8.13. The zero-order chi connectivity index (χ0) is 27.6. The Balaban J connectivity index is 1.27. The average Bonchev–Trinajstić information content (AvgIpc) is 3.30. The number of piperazine rings is 1. The number of nitrogens with zero attached hydrogens (tertiary/aromatic N) is 4. The summed E-state index contributed by atoms with van der Waals surface area (Å²) in [6.07, 6.45) is 0. The molecule has 7 nitrogen and oxygen atoms in total. The molecule has 204 valence electrons. The Hall–Kier alpha value is -4.20. The van der Waals surface area contributed by atoms with Gasteiger partial charge in [0.1, 0.15) is 5.69 Å². The van der Waals surface area contributed by atoms with E-state index >= 15 is 0 Å². The number of benzene rings is 3. The van der Waals surface area contributed by atoms with Gasteiger partial charge in [-0.05, 0) is 59.5 Å². The maximum Gasteiger partial charge on any atom is 0.270 e. The highest BCUT2D eigenvalue weighted by Gasteiger charge is 2.29. The lowest BCUT2D eigenvalue weighted by atomic mass is 9.99. The summed E-state index contributed by atoms with van der Waals surface area (Å²) in [5.41, 5.74) is 7.52. The second-order valence-electron chi connectivity index (χ2n) is 10.6. The number of aromatic nitrogens is 1. The van der Waals surface area contributed by atoms with Crippen LogP contribution in [0.4, 0.5) is 5.69 Å². The fourth-order valence-corrected chi connectivity index (χ4v) is 5.85. The maximum absolute atomic E-state index is 13.9. The Morgan fingerprint density at radius 2 is 1.50 bits per heavy atom. The molecule has 1 aromatic heterocycles. The molecule has 0 aliphatic carbocycles. The van der Waals surface area contributed by atoms with Gasteiger partial charge in [-0.25, -0.2) is 0 Å². The van der Waals surface area contributed by atoms with E-state index in [1.54, 1.807) is 0 Å². The van der Waals surface area contributed by atoms with Crippen LogP contribution in [0.2, 0.25) is 0 Å². The van der Waals surface area contributed by atoms with E-state index in [9.17, 15) is 14.7 Å². The van der Waals surface area contributed by atoms with Gasteiger partial charge in [-0.3, -0.25) is 14.5 Å². The molecule has 4 aromatic rings. The third kappa shape index (κ3) is 4.94. The number of aliphatic hydroxyl groups is 1. The Labute approximate surface area is 234 Å². The van der Waals surface area contributed by atoms with Gasteiger partial charge in [0, 0.05) is 49.7 Å². The van der Waals surface area contributed by atoms with Crippen molar-refractivity contribution < 1.29 is 14.7 Å². The fraction of sp³-hybridized carbons (Fsp3) is 0.273. The maximum atomic E-state index is 13.9. The topological polar surface area (TPSA) is 69.0 Å². The quantitative estimate of drug-likeness (QED) is 0.412. The van der Waals surface area contributed by atoms with Crippen molar-refractivity contribution in [1.82, 2.24) is 14.4 Å². The largest absolute Gasteiger partial charge is 0.395 e. The minimum atomic E-state index is -0.0636. The van der Waals surface area contributed by atoms with Crippen molar-refractivity contribution in [3.63, 3.8) is 0 Å². The van der Waals surface area contributed by atoms with Gasteiger partial charge in [0.25, 0.3) is 11.8 Å². The molecular formula is C33H34N4O3. The lowest BCUT2D eigenvalue weighted by molar-refractivity contribution is 0.0605. The molecule has 0 radical (unpaired) electrons. The van der Waals surface area contributed by atoms with Crippen molar-refractivity contribution in [3.05, 3.63) is 113 Å². The SMILES string of the molecule is Cc1ccccc1-c1ccc(C(=O)N2Cc3ccc(C(=O)N4CCN(CCO)CC4)n3Cc3ccccc32)cc1. The molecule has 6 rings (SSSR count). The van der Waals surface area contributed by atoms with Crippen LogP contribution < -0.4 is 4.90 Å². The number of carbonyl (C=O) groups is 2. The van der Waals surface area contributed by atoms with E-state index in [2.05, 4.69) is 28.5 Å². The van der Waals surface area contributed by atoms with E-state index in [1.165, 1.54) is 5.56 Å². The van der Waals surface area contributed by atoms with Crippen LogP contribution in [0, 0.1) is 6.92 Å². The van der Waals surface area contributed by atoms with Gasteiger partial charge in [-0.15, -0.1) is 0 Å². The van der Waals surface area contributed by atoms with Crippen LogP contribution in [0.3, 0.4) is 0 Å². The first kappa shape index (κ1) is 26.0. The summed E-state index contributed by atoms with van der Waals surface area (Å²) in [5, 5.41) is 9.23. The molecule has 1 N–H and O–H groups in total. The number of carbonyl (C=O) groups excluding carboxylic acids is 2. The fourth-order valence-electron chi connectivity index (χ4n) is 5.85. The van der Waals surface area contributed by atoms with E-state index < -0.39 is 0 Å². The van der Waals surface area contributed by atoms with Gasteiger partial charge in [-0.2, -0.15) is 0 Å². The molecule has 2 aliphatic heterocycles. The van der Waals surface area contributed by atoms with Crippen LogP contribution in [0.15, 0.2) is 84.9 Å². The summed E-state index contributed by atoms with van der Waals surface area (Å²) >= 11 is 0. The number of hydrogen-bond donors (Lipinski definition) is 1. The molecule has 0 unspecified atom stereocenters. The number of aliphatic hydroxyl groups excluding tert-OH is 1. The molecule has 0 bridgehead atoms. The van der Waals surface area contributed by atoms with Crippen molar-refractivity contribution >= 4 is 17.5 Å². The molecule has 2 amide bonds. The summed E-state index contributed by atoms with van der Waals surface area (Å²) in [6, 6.07) is 27.9. The summed E-state index contributed by atoms with van der Waals surface area (Å²) in [6.45, 7) is 6.56. The molecule has 7 heteroatoms. The van der Waals surface area contributed by atoms with E-state index in [0.717, 1.165) is 41.2 Å². The molecule has 0 spiro atoms. The van der Waals surface area contributed by atoms with Crippen LogP contribution in [0.1, 0.15) is 37.7 Å². The predicted octanol–water partition coefficient (Wildman–Crippen LogP) is 4.42. The van der Waals surface area contributed by atoms with Crippen molar-refractivity contribution in [2.24, 2.45) is 0 Å². The lowest BCUT2D eigenvalue weighted by Gasteiger charge is -2.34. The zero-order valence-electron chi connectivity index (χ0n) is 22.8. The highest BCUT2D eigenvalue weighted by atomic mass is 16.3. The van der Waals surface area contributed by atoms with Crippen molar-refractivity contribution in [2.75, 3.05) is 44.2 Å². The van der Waals surface area contributed by atoms with Crippen LogP contribution in [-0.2, 0) is 13.1 Å². The zero-order valence-corrected chi connectivity index (χ0v) is 22.8. The summed E-state index contributed by atoms with van der Waals surface area (Å²) in [5.74, 6) is -0.0507. The monoisotopic (exact) mass is 534 g/mol. The Morgan fingerprint density at radius 3 is 2.25 bits per heavy atom. The number of β-amino-alcohol motifs (C(OH)–C–C–N with tert-alkyl or cyclic N) is 1. The normalized spacial score (nSPS) is 15.3. The second-order valence-corrected chi connectivity index (χ2v) is 10.6.